The van der Waals surface area contributed by atoms with Gasteiger partial charge in [0, 0.05) is 5.56 Å². The van der Waals surface area contributed by atoms with Crippen LogP contribution < -0.4 is 5.32 Å². The van der Waals surface area contributed by atoms with E-state index in [0.29, 0.717) is 5.82 Å². The van der Waals surface area contributed by atoms with Gasteiger partial charge in [0.2, 0.25) is 0 Å². The minimum absolute atomic E-state index is 0.110. The molecule has 1 atom stereocenters. The standard InChI is InChI=1S/C23H22N6O/c1-16-14-24-29(21-13-7-9-17-8-5-6-12-19(17)21)22(16)25-23(30)20-15-28(27-26-20)18-10-3-2-4-11-18/h2-6,8,10-12,14-15,21H,7,9,13H2,1H3,(H,25,30)/t21-/m0/s1. The van der Waals surface area contributed by atoms with Crippen LogP contribution in [0.5, 0.6) is 0 Å². The summed E-state index contributed by atoms with van der Waals surface area (Å²) < 4.78 is 3.53. The van der Waals surface area contributed by atoms with Crippen LogP contribution in [-0.2, 0) is 6.42 Å². The highest BCUT2D eigenvalue weighted by Gasteiger charge is 2.26. The van der Waals surface area contributed by atoms with E-state index in [1.54, 1.807) is 17.1 Å². The topological polar surface area (TPSA) is 77.6 Å². The highest BCUT2D eigenvalue weighted by Crippen LogP contribution is 2.35. The zero-order valence-corrected chi connectivity index (χ0v) is 16.7. The van der Waals surface area contributed by atoms with Gasteiger partial charge in [0.15, 0.2) is 5.69 Å². The van der Waals surface area contributed by atoms with Crippen LogP contribution in [0.3, 0.4) is 0 Å². The molecule has 2 aromatic carbocycles. The number of nitrogens with one attached hydrogen (secondary N) is 1. The van der Waals surface area contributed by atoms with E-state index in [9.17, 15) is 4.79 Å². The first-order chi connectivity index (χ1) is 14.7. The molecule has 1 amide bonds. The summed E-state index contributed by atoms with van der Waals surface area (Å²) in [5, 5.41) is 15.7. The molecule has 0 fully saturated rings. The van der Waals surface area contributed by atoms with E-state index >= 15 is 0 Å². The summed E-state index contributed by atoms with van der Waals surface area (Å²) in [6, 6.07) is 18.2. The maximum absolute atomic E-state index is 12.9. The average molecular weight is 398 g/mol. The molecule has 2 heterocycles. The fraction of sp³-hybridized carbons (Fsp3) is 0.217. The van der Waals surface area contributed by atoms with Crippen LogP contribution in [0.1, 0.15) is 46.1 Å². The predicted molar refractivity (Wildman–Crippen MR) is 114 cm³/mol. The third-order valence-electron chi connectivity index (χ3n) is 5.59. The summed E-state index contributed by atoms with van der Waals surface area (Å²) in [5.74, 6) is 0.405. The molecular weight excluding hydrogens is 376 g/mol. The highest BCUT2D eigenvalue weighted by atomic mass is 16.2. The monoisotopic (exact) mass is 398 g/mol. The molecule has 1 N–H and O–H groups in total. The molecule has 0 aliphatic heterocycles. The quantitative estimate of drug-likeness (QED) is 0.565. The Balaban J connectivity index is 1.43. The third-order valence-corrected chi connectivity index (χ3v) is 5.59. The Hall–Kier alpha value is -3.74. The zero-order valence-electron chi connectivity index (χ0n) is 16.7. The SMILES string of the molecule is Cc1cnn([C@H]2CCCc3ccccc32)c1NC(=O)c1cn(-c2ccccc2)nn1. The van der Waals surface area contributed by atoms with Crippen LogP contribution in [0.4, 0.5) is 5.82 Å². The van der Waals surface area contributed by atoms with Crippen LogP contribution in [0.15, 0.2) is 67.0 Å². The maximum atomic E-state index is 12.9. The lowest BCUT2D eigenvalue weighted by Gasteiger charge is -2.27. The van der Waals surface area contributed by atoms with E-state index in [1.807, 2.05) is 41.9 Å². The number of aryl methyl sites for hydroxylation is 2. The average Bonchev–Trinajstić information content (AvgIpc) is 3.42. The van der Waals surface area contributed by atoms with Gasteiger partial charge in [0.25, 0.3) is 5.91 Å². The molecule has 2 aromatic heterocycles. The number of nitrogens with zero attached hydrogens (tertiary/aromatic N) is 5. The van der Waals surface area contributed by atoms with Gasteiger partial charge in [-0.1, -0.05) is 47.7 Å². The molecule has 7 heteroatoms. The van der Waals surface area contributed by atoms with Crippen molar-refractivity contribution in [2.45, 2.75) is 32.2 Å². The molecule has 150 valence electrons. The molecule has 0 unspecified atom stereocenters. The van der Waals surface area contributed by atoms with Gasteiger partial charge in [-0.25, -0.2) is 9.36 Å². The Kier molecular flexibility index (Phi) is 4.63. The van der Waals surface area contributed by atoms with Crippen molar-refractivity contribution in [3.05, 3.63) is 89.4 Å². The van der Waals surface area contributed by atoms with E-state index < -0.39 is 0 Å². The molecule has 0 radical (unpaired) electrons. The molecule has 4 aromatic rings. The van der Waals surface area contributed by atoms with Crippen LogP contribution in [0, 0.1) is 6.92 Å². The molecule has 7 nitrogen and oxygen atoms in total. The lowest BCUT2D eigenvalue weighted by molar-refractivity contribution is 0.102. The number of benzene rings is 2. The normalized spacial score (nSPS) is 15.6. The molecule has 1 aliphatic rings. The van der Waals surface area contributed by atoms with Gasteiger partial charge in [0.05, 0.1) is 24.1 Å². The van der Waals surface area contributed by atoms with Crippen molar-refractivity contribution in [2.24, 2.45) is 0 Å². The summed E-state index contributed by atoms with van der Waals surface area (Å²) in [6.45, 7) is 1.95. The molecule has 0 spiro atoms. The van der Waals surface area contributed by atoms with Gasteiger partial charge in [-0.15, -0.1) is 5.10 Å². The number of amides is 1. The van der Waals surface area contributed by atoms with Gasteiger partial charge >= 0.3 is 0 Å². The Labute approximate surface area is 174 Å². The number of fused-ring (bicyclic) bond motifs is 1. The lowest BCUT2D eigenvalue weighted by Crippen LogP contribution is -2.23. The maximum Gasteiger partial charge on any atom is 0.279 e. The summed E-state index contributed by atoms with van der Waals surface area (Å²) in [5.41, 5.74) is 4.66. The van der Waals surface area contributed by atoms with Gasteiger partial charge in [-0.05, 0) is 49.4 Å². The molecular formula is C23H22N6O. The lowest BCUT2D eigenvalue weighted by atomic mass is 9.88. The number of anilines is 1. The first-order valence-electron chi connectivity index (χ1n) is 10.1. The van der Waals surface area contributed by atoms with E-state index in [2.05, 4.69) is 45.0 Å². The first-order valence-corrected chi connectivity index (χ1v) is 10.1. The van der Waals surface area contributed by atoms with Crippen LogP contribution in [0.2, 0.25) is 0 Å². The number of aromatic nitrogens is 5. The Morgan fingerprint density at radius 3 is 2.77 bits per heavy atom. The molecule has 5 rings (SSSR count). The highest BCUT2D eigenvalue weighted by molar-refractivity contribution is 6.02. The van der Waals surface area contributed by atoms with E-state index in [-0.39, 0.29) is 17.6 Å². The van der Waals surface area contributed by atoms with Crippen molar-refractivity contribution in [3.63, 3.8) is 0 Å². The fourth-order valence-corrected chi connectivity index (χ4v) is 4.07. The Morgan fingerprint density at radius 2 is 1.90 bits per heavy atom. The first kappa shape index (κ1) is 18.3. The van der Waals surface area contributed by atoms with Gasteiger partial charge in [0.1, 0.15) is 5.82 Å². The summed E-state index contributed by atoms with van der Waals surface area (Å²) >= 11 is 0. The van der Waals surface area contributed by atoms with Crippen molar-refractivity contribution >= 4 is 11.7 Å². The van der Waals surface area contributed by atoms with Crippen LogP contribution in [-0.4, -0.2) is 30.7 Å². The second kappa shape index (κ2) is 7.59. The Morgan fingerprint density at radius 1 is 1.10 bits per heavy atom. The van der Waals surface area contributed by atoms with Crippen molar-refractivity contribution in [2.75, 3.05) is 5.32 Å². The predicted octanol–water partition coefficient (Wildman–Crippen LogP) is 3.95. The Bertz CT molecular complexity index is 1190. The minimum Gasteiger partial charge on any atom is -0.305 e. The number of hydrogen-bond acceptors (Lipinski definition) is 4. The molecule has 0 saturated carbocycles. The van der Waals surface area contributed by atoms with Gasteiger partial charge in [-0.3, -0.25) is 4.79 Å². The number of carbonyl (C=O) groups excluding carboxylic acids is 1. The second-order valence-corrected chi connectivity index (χ2v) is 7.57. The third kappa shape index (κ3) is 3.28. The minimum atomic E-state index is -0.300. The van der Waals surface area contributed by atoms with E-state index in [4.69, 9.17) is 0 Å². The summed E-state index contributed by atoms with van der Waals surface area (Å²) in [4.78, 5) is 12.9. The zero-order chi connectivity index (χ0) is 20.5. The number of para-hydroxylation sites is 1. The van der Waals surface area contributed by atoms with Gasteiger partial charge < -0.3 is 5.32 Å². The largest absolute Gasteiger partial charge is 0.305 e. The van der Waals surface area contributed by atoms with Gasteiger partial charge in [-0.2, -0.15) is 5.10 Å². The van der Waals surface area contributed by atoms with Crippen molar-refractivity contribution in [1.82, 2.24) is 24.8 Å². The summed E-state index contributed by atoms with van der Waals surface area (Å²) in [6.07, 6.45) is 6.60. The second-order valence-electron chi connectivity index (χ2n) is 7.57. The smallest absolute Gasteiger partial charge is 0.279 e. The molecule has 0 saturated heterocycles. The van der Waals surface area contributed by atoms with Crippen LogP contribution in [0.25, 0.3) is 5.69 Å². The van der Waals surface area contributed by atoms with Crippen molar-refractivity contribution < 1.29 is 4.79 Å². The van der Waals surface area contributed by atoms with E-state index in [0.717, 1.165) is 30.5 Å². The van der Waals surface area contributed by atoms with Crippen LogP contribution >= 0.6 is 0 Å². The van der Waals surface area contributed by atoms with Crippen molar-refractivity contribution in [3.8, 4) is 5.69 Å². The molecule has 0 bridgehead atoms. The fourth-order valence-electron chi connectivity index (χ4n) is 4.07. The molecule has 1 aliphatic carbocycles. The number of carbonyl (C=O) groups is 1. The molecule has 30 heavy (non-hydrogen) atoms. The number of hydrogen-bond donors (Lipinski definition) is 1. The number of rotatable bonds is 4. The van der Waals surface area contributed by atoms with E-state index in [1.165, 1.54) is 11.1 Å². The summed E-state index contributed by atoms with van der Waals surface area (Å²) in [7, 11) is 0. The van der Waals surface area contributed by atoms with Crippen molar-refractivity contribution in [1.29, 1.82) is 0 Å².